The fraction of sp³-hybridized carbons (Fsp3) is 0.415. The summed E-state index contributed by atoms with van der Waals surface area (Å²) in [4.78, 5) is 88.8. The van der Waals surface area contributed by atoms with E-state index in [9.17, 15) is 34.2 Å². The number of aromatic carboxylic acids is 1. The quantitative estimate of drug-likeness (QED) is 0.0400. The number of aliphatic hydroxyl groups is 1. The average molecular weight is 1200 g/mol. The Labute approximate surface area is 507 Å². The van der Waals surface area contributed by atoms with Crippen LogP contribution in [0.1, 0.15) is 119 Å². The van der Waals surface area contributed by atoms with Gasteiger partial charge in [0.05, 0.1) is 44.9 Å². The first-order chi connectivity index (χ1) is 41.0. The first kappa shape index (κ1) is 59.2. The molecule has 4 amide bonds. The Balaban J connectivity index is 0.591. The number of hydrogen-bond donors (Lipinski definition) is 5. The maximum atomic E-state index is 14.3. The molecule has 0 unspecified atom stereocenters. The molecule has 3 aromatic heterocycles. The second kappa shape index (κ2) is 26.0. The maximum Gasteiger partial charge on any atom is 0.355 e. The molecule has 1 saturated carbocycles. The lowest BCUT2D eigenvalue weighted by atomic mass is 9.81. The predicted octanol–water partition coefficient (Wildman–Crippen LogP) is 9.75. The number of nitrogens with one attached hydrogen (secondary N) is 3. The fourth-order valence-corrected chi connectivity index (χ4v) is 14.7. The molecule has 5 N–H and O–H groups in total. The smallest absolute Gasteiger partial charge is 0.355 e. The number of aryl methyl sites for hydroxylation is 2. The van der Waals surface area contributed by atoms with E-state index in [1.54, 1.807) is 11.3 Å². The summed E-state index contributed by atoms with van der Waals surface area (Å²) >= 11 is 4.39. The first-order valence-corrected chi connectivity index (χ1v) is 31.8. The van der Waals surface area contributed by atoms with Crippen LogP contribution in [0.25, 0.3) is 20.7 Å². The summed E-state index contributed by atoms with van der Waals surface area (Å²) < 4.78 is 7.07. The van der Waals surface area contributed by atoms with Gasteiger partial charge in [-0.2, -0.15) is 0 Å². The third kappa shape index (κ3) is 13.9. The van der Waals surface area contributed by atoms with Crippen molar-refractivity contribution < 1.29 is 38.9 Å². The molecule has 3 aliphatic heterocycles. The van der Waals surface area contributed by atoms with Gasteiger partial charge in [-0.15, -0.1) is 22.7 Å². The Hall–Kier alpha value is -7.54. The van der Waals surface area contributed by atoms with Gasteiger partial charge in [-0.25, -0.2) is 19.7 Å². The number of ether oxygens (including phenoxy) is 1. The van der Waals surface area contributed by atoms with Gasteiger partial charge in [0.15, 0.2) is 16.0 Å². The van der Waals surface area contributed by atoms with Crippen molar-refractivity contribution in [3.8, 4) is 28.0 Å². The van der Waals surface area contributed by atoms with Gasteiger partial charge >= 0.3 is 5.97 Å². The number of carbonyl (C=O) groups excluding carboxylic acids is 4. The molecule has 7 aromatic rings. The number of β-amino-alcohol motifs (C(OH)–C–C–N with tert-alkyl or cyclic N) is 1. The van der Waals surface area contributed by atoms with Crippen molar-refractivity contribution in [3.05, 3.63) is 141 Å². The number of fused-ring (bicyclic) bond motifs is 2. The number of thiazole rings is 3. The molecule has 0 spiro atoms. The summed E-state index contributed by atoms with van der Waals surface area (Å²) in [5.41, 5.74) is 8.47. The summed E-state index contributed by atoms with van der Waals surface area (Å²) in [7, 11) is 0. The van der Waals surface area contributed by atoms with Crippen LogP contribution in [0.5, 0.6) is 5.75 Å². The van der Waals surface area contributed by atoms with Crippen LogP contribution in [0.4, 0.5) is 10.3 Å². The van der Waals surface area contributed by atoms with Crippen LogP contribution >= 0.6 is 34.0 Å². The number of amides is 4. The average Bonchev–Trinajstić information content (AvgIpc) is 4.43. The number of para-hydroxylation sites is 1. The lowest BCUT2D eigenvalue weighted by Crippen LogP contribution is -2.62. The van der Waals surface area contributed by atoms with E-state index in [0.717, 1.165) is 80.7 Å². The van der Waals surface area contributed by atoms with Crippen LogP contribution in [-0.2, 0) is 40.3 Å². The van der Waals surface area contributed by atoms with E-state index in [1.807, 2.05) is 124 Å². The van der Waals surface area contributed by atoms with E-state index in [0.29, 0.717) is 90.5 Å². The molecule has 85 heavy (non-hydrogen) atoms. The Morgan fingerprint density at radius 1 is 0.882 bits per heavy atom. The molecule has 11 rings (SSSR count). The SMILES string of the molecule is Cc1ncsc1-c1ccc(CNC(=O)[C@@H]2C[C@@H](O)CN2C(=O)[C@@H](NC(=O)C2CN(C3CCC(CC#Cc4ccc(OCCCc5sc(N6CCc7cccc(C(=O)Nc8nc9ccccc9s8)c7C6)nc5C(=O)O)cc4)CC3)C2)C(C)(C)C)cc1. The minimum Gasteiger partial charge on any atom is -0.494 e. The van der Waals surface area contributed by atoms with Crippen molar-refractivity contribution in [1.82, 2.24) is 35.4 Å². The number of carbonyl (C=O) groups is 5. The summed E-state index contributed by atoms with van der Waals surface area (Å²) in [6.07, 6.45) is 6.09. The summed E-state index contributed by atoms with van der Waals surface area (Å²) in [5, 5.41) is 31.0. The predicted molar refractivity (Wildman–Crippen MR) is 332 cm³/mol. The number of likely N-dealkylation sites (tertiary alicyclic amines) is 2. The molecule has 1 aliphatic carbocycles. The van der Waals surface area contributed by atoms with Crippen molar-refractivity contribution in [2.75, 3.05) is 43.0 Å². The monoisotopic (exact) mass is 1200 g/mol. The third-order valence-corrected chi connectivity index (χ3v) is 19.9. The maximum absolute atomic E-state index is 14.3. The summed E-state index contributed by atoms with van der Waals surface area (Å²) in [6.45, 7) is 10.8. The highest BCUT2D eigenvalue weighted by molar-refractivity contribution is 7.22. The Morgan fingerprint density at radius 3 is 2.39 bits per heavy atom. The number of anilines is 2. The topological polar surface area (TPSA) is 220 Å². The fourth-order valence-electron chi connectivity index (χ4n) is 11.9. The van der Waals surface area contributed by atoms with E-state index in [-0.39, 0.29) is 54.8 Å². The standard InChI is InChI=1S/C65H71N9O8S3/c1-39-56(83-38-67-39)44-23-17-42(18-24-44)33-66-60(78)52-32-47(75)36-74(52)61(79)57(65(2,3)4)70-58(76)45-34-73(35-45)46-25-19-40(20-26-46)10-7-11-41-21-27-48(28-22-41)82-31-9-16-54-55(62(80)81)69-64(85-54)72-30-29-43-12-8-13-49(50(43)37-72)59(77)71-63-68-51-14-5-6-15-53(51)84-63/h5-6,8,12-15,17-18,21-24,27-28,38,40,45-47,52,57,75H,9-10,16,19-20,25-26,29-37H2,1-4H3,(H,66,78)(H,70,76)(H,80,81)(H,68,71,77)/t40?,46?,47-,52+,57-/m1/s1. The van der Waals surface area contributed by atoms with Gasteiger partial charge in [0.25, 0.3) is 5.91 Å². The highest BCUT2D eigenvalue weighted by Crippen LogP contribution is 2.36. The van der Waals surface area contributed by atoms with Gasteiger partial charge in [-0.1, -0.05) is 92.5 Å². The van der Waals surface area contributed by atoms with Gasteiger partial charge < -0.3 is 35.4 Å². The Kier molecular flexibility index (Phi) is 18.1. The van der Waals surface area contributed by atoms with E-state index >= 15 is 0 Å². The summed E-state index contributed by atoms with van der Waals surface area (Å²) in [6, 6.07) is 27.9. The third-order valence-electron chi connectivity index (χ3n) is 16.8. The van der Waals surface area contributed by atoms with E-state index in [4.69, 9.17) is 4.74 Å². The van der Waals surface area contributed by atoms with Crippen molar-refractivity contribution >= 4 is 84.1 Å². The van der Waals surface area contributed by atoms with Crippen LogP contribution in [0, 0.1) is 36.0 Å². The number of rotatable bonds is 18. The van der Waals surface area contributed by atoms with Crippen LogP contribution in [0.15, 0.2) is 96.5 Å². The van der Waals surface area contributed by atoms with Gasteiger partial charge in [0.2, 0.25) is 17.7 Å². The number of carboxylic acid groups (broad SMARTS) is 1. The van der Waals surface area contributed by atoms with Crippen molar-refractivity contribution in [2.24, 2.45) is 17.3 Å². The van der Waals surface area contributed by atoms with Crippen molar-refractivity contribution in [3.63, 3.8) is 0 Å². The molecule has 6 heterocycles. The number of benzene rings is 4. The molecular weight excluding hydrogens is 1130 g/mol. The van der Waals surface area contributed by atoms with Crippen LogP contribution in [0.2, 0.25) is 0 Å². The normalized spacial score (nSPS) is 19.3. The minimum absolute atomic E-state index is 0.0235. The lowest BCUT2D eigenvalue weighted by Gasteiger charge is -2.46. The Morgan fingerprint density at radius 2 is 1.66 bits per heavy atom. The molecular formula is C65H71N9O8S3. The van der Waals surface area contributed by atoms with Crippen LogP contribution in [-0.4, -0.2) is 122 Å². The molecule has 4 aliphatic rings. The molecule has 3 atom stereocenters. The van der Waals surface area contributed by atoms with Crippen LogP contribution in [0.3, 0.4) is 0 Å². The van der Waals surface area contributed by atoms with E-state index in [2.05, 4.69) is 52.5 Å². The number of aliphatic hydroxyl groups excluding tert-OH is 1. The number of nitrogens with zero attached hydrogens (tertiary/aromatic N) is 6. The molecule has 442 valence electrons. The molecule has 0 bridgehead atoms. The van der Waals surface area contributed by atoms with Gasteiger partial charge in [-0.3, -0.25) is 29.4 Å². The van der Waals surface area contributed by atoms with Crippen LogP contribution < -0.4 is 25.6 Å². The molecule has 0 radical (unpaired) electrons. The van der Waals surface area contributed by atoms with Crippen molar-refractivity contribution in [1.29, 1.82) is 0 Å². The number of carboxylic acids is 1. The number of hydrogen-bond acceptors (Lipinski definition) is 15. The second-order valence-corrected chi connectivity index (χ2v) is 26.8. The van der Waals surface area contributed by atoms with Gasteiger partial charge in [-0.05, 0) is 128 Å². The molecule has 4 aromatic carbocycles. The van der Waals surface area contributed by atoms with Gasteiger partial charge in [0.1, 0.15) is 17.8 Å². The zero-order valence-corrected chi connectivity index (χ0v) is 50.7. The van der Waals surface area contributed by atoms with E-state index < -0.39 is 29.6 Å². The van der Waals surface area contributed by atoms with E-state index in [1.165, 1.54) is 27.6 Å². The van der Waals surface area contributed by atoms with Crippen molar-refractivity contribution in [2.45, 2.75) is 123 Å². The summed E-state index contributed by atoms with van der Waals surface area (Å²) in [5.74, 6) is 5.56. The molecule has 20 heteroatoms. The zero-order chi connectivity index (χ0) is 59.4. The second-order valence-electron chi connectivity index (χ2n) is 23.8. The highest BCUT2D eigenvalue weighted by atomic mass is 32.1. The Bertz CT molecular complexity index is 3610. The zero-order valence-electron chi connectivity index (χ0n) is 48.3. The molecule has 3 fully saturated rings. The first-order valence-electron chi connectivity index (χ1n) is 29.3. The largest absolute Gasteiger partial charge is 0.494 e. The lowest BCUT2D eigenvalue weighted by molar-refractivity contribution is -0.146. The molecule has 2 saturated heterocycles. The minimum atomic E-state index is -1.07. The number of aromatic nitrogens is 3. The highest BCUT2D eigenvalue weighted by Gasteiger charge is 2.46. The van der Waals surface area contributed by atoms with Gasteiger partial charge in [0, 0.05) is 74.2 Å². The molecule has 17 nitrogen and oxygen atoms in total.